The Bertz CT molecular complexity index is 666. The van der Waals surface area contributed by atoms with Gasteiger partial charge >= 0.3 is 0 Å². The molecule has 1 atom stereocenters. The molecule has 21 heavy (non-hydrogen) atoms. The fourth-order valence-electron chi connectivity index (χ4n) is 2.87. The molecule has 3 nitrogen and oxygen atoms in total. The quantitative estimate of drug-likeness (QED) is 0.863. The average Bonchev–Trinajstić information content (AvgIpc) is 2.82. The van der Waals surface area contributed by atoms with E-state index in [1.165, 1.54) is 5.56 Å². The van der Waals surface area contributed by atoms with E-state index in [1.807, 2.05) is 54.3 Å². The fraction of sp³-hybridized carbons (Fsp3) is 0.278. The lowest BCUT2D eigenvalue weighted by Crippen LogP contribution is -2.39. The van der Waals surface area contributed by atoms with Crippen molar-refractivity contribution in [2.45, 2.75) is 26.3 Å². The van der Waals surface area contributed by atoms with E-state index in [0.717, 1.165) is 23.4 Å². The van der Waals surface area contributed by atoms with Crippen LogP contribution in [0.1, 0.15) is 18.1 Å². The molecule has 0 radical (unpaired) electrons. The topological polar surface area (TPSA) is 29.5 Å². The van der Waals surface area contributed by atoms with Crippen molar-refractivity contribution in [2.24, 2.45) is 0 Å². The number of carbonyl (C=O) groups excluding carboxylic acids is 1. The van der Waals surface area contributed by atoms with Crippen LogP contribution < -0.4 is 9.64 Å². The molecule has 0 spiro atoms. The van der Waals surface area contributed by atoms with E-state index in [9.17, 15) is 4.79 Å². The zero-order valence-electron chi connectivity index (χ0n) is 12.4. The first kappa shape index (κ1) is 13.7. The van der Waals surface area contributed by atoms with Crippen LogP contribution in [-0.4, -0.2) is 18.6 Å². The lowest BCUT2D eigenvalue weighted by molar-refractivity contribution is -0.120. The van der Waals surface area contributed by atoms with Crippen LogP contribution in [0.3, 0.4) is 0 Å². The second-order valence-electron chi connectivity index (χ2n) is 5.50. The van der Waals surface area contributed by atoms with Crippen molar-refractivity contribution in [1.29, 1.82) is 0 Å². The predicted molar refractivity (Wildman–Crippen MR) is 83.8 cm³/mol. The van der Waals surface area contributed by atoms with Crippen molar-refractivity contribution in [3.8, 4) is 5.75 Å². The minimum Gasteiger partial charge on any atom is -0.483 e. The first-order valence-corrected chi connectivity index (χ1v) is 7.25. The minimum atomic E-state index is 0.00991. The van der Waals surface area contributed by atoms with Gasteiger partial charge in [0, 0.05) is 11.7 Å². The highest BCUT2D eigenvalue weighted by Crippen LogP contribution is 2.31. The van der Waals surface area contributed by atoms with E-state index in [0.29, 0.717) is 0 Å². The summed E-state index contributed by atoms with van der Waals surface area (Å²) < 4.78 is 5.68. The maximum absolute atomic E-state index is 12.5. The third kappa shape index (κ3) is 2.64. The van der Waals surface area contributed by atoms with Crippen LogP contribution in [-0.2, 0) is 11.2 Å². The molecule has 0 aliphatic carbocycles. The lowest BCUT2D eigenvalue weighted by atomic mass is 10.1. The maximum atomic E-state index is 12.5. The van der Waals surface area contributed by atoms with E-state index >= 15 is 0 Å². The normalized spacial score (nSPS) is 16.7. The monoisotopic (exact) mass is 281 g/mol. The Labute approximate surface area is 125 Å². The van der Waals surface area contributed by atoms with Gasteiger partial charge < -0.3 is 9.64 Å². The smallest absolute Gasteiger partial charge is 0.265 e. The molecule has 1 aliphatic rings. The predicted octanol–water partition coefficient (Wildman–Crippen LogP) is 3.35. The van der Waals surface area contributed by atoms with Gasteiger partial charge in [0.2, 0.25) is 0 Å². The van der Waals surface area contributed by atoms with Gasteiger partial charge in [-0.25, -0.2) is 0 Å². The van der Waals surface area contributed by atoms with Gasteiger partial charge in [-0.2, -0.15) is 0 Å². The summed E-state index contributed by atoms with van der Waals surface area (Å²) in [7, 11) is 0. The second-order valence-corrected chi connectivity index (χ2v) is 5.50. The number of hydrogen-bond donors (Lipinski definition) is 0. The molecule has 1 heterocycles. The molecule has 1 aliphatic heterocycles. The summed E-state index contributed by atoms with van der Waals surface area (Å²) in [5.41, 5.74) is 3.29. The molecular formula is C18H19NO2. The molecule has 1 amide bonds. The lowest BCUT2D eigenvalue weighted by Gasteiger charge is -2.23. The molecule has 0 bridgehead atoms. The van der Waals surface area contributed by atoms with Gasteiger partial charge in [0.1, 0.15) is 5.75 Å². The molecule has 0 fully saturated rings. The number of carbonyl (C=O) groups is 1. The third-order valence-electron chi connectivity index (χ3n) is 3.92. The SMILES string of the molecule is Cc1ccccc1OCC(=O)N1c2ccccc2C[C@@H]1C. The van der Waals surface area contributed by atoms with Gasteiger partial charge in [-0.15, -0.1) is 0 Å². The van der Waals surface area contributed by atoms with Gasteiger partial charge in [0.25, 0.3) is 5.91 Å². The summed E-state index contributed by atoms with van der Waals surface area (Å²) in [6.45, 7) is 4.13. The van der Waals surface area contributed by atoms with Crippen LogP contribution in [0, 0.1) is 6.92 Å². The number of anilines is 1. The first-order valence-electron chi connectivity index (χ1n) is 7.25. The highest BCUT2D eigenvalue weighted by molar-refractivity contribution is 5.97. The number of benzene rings is 2. The number of hydrogen-bond acceptors (Lipinski definition) is 2. The van der Waals surface area contributed by atoms with Crippen LogP contribution in [0.15, 0.2) is 48.5 Å². The molecule has 108 valence electrons. The van der Waals surface area contributed by atoms with Gasteiger partial charge in [-0.3, -0.25) is 4.79 Å². The summed E-state index contributed by atoms with van der Waals surface area (Å²) in [6.07, 6.45) is 0.909. The molecular weight excluding hydrogens is 262 g/mol. The van der Waals surface area contributed by atoms with Crippen LogP contribution >= 0.6 is 0 Å². The number of amides is 1. The number of nitrogens with zero attached hydrogens (tertiary/aromatic N) is 1. The Morgan fingerprint density at radius 1 is 1.19 bits per heavy atom. The fourth-order valence-corrected chi connectivity index (χ4v) is 2.87. The maximum Gasteiger partial charge on any atom is 0.265 e. The van der Waals surface area contributed by atoms with Crippen molar-refractivity contribution in [3.05, 3.63) is 59.7 Å². The number of para-hydroxylation sites is 2. The number of fused-ring (bicyclic) bond motifs is 1. The largest absolute Gasteiger partial charge is 0.483 e. The molecule has 2 aromatic rings. The molecule has 2 aromatic carbocycles. The minimum absolute atomic E-state index is 0.00991. The average molecular weight is 281 g/mol. The summed E-state index contributed by atoms with van der Waals surface area (Å²) in [4.78, 5) is 14.4. The molecule has 0 unspecified atom stereocenters. The molecule has 0 saturated carbocycles. The van der Waals surface area contributed by atoms with Crippen LogP contribution in [0.2, 0.25) is 0 Å². The second kappa shape index (κ2) is 5.60. The van der Waals surface area contributed by atoms with Crippen molar-refractivity contribution < 1.29 is 9.53 Å². The van der Waals surface area contributed by atoms with Gasteiger partial charge in [0.15, 0.2) is 6.61 Å². The Hall–Kier alpha value is -2.29. The zero-order chi connectivity index (χ0) is 14.8. The summed E-state index contributed by atoms with van der Waals surface area (Å²) in [5.74, 6) is 0.779. The van der Waals surface area contributed by atoms with Crippen LogP contribution in [0.25, 0.3) is 0 Å². The first-order chi connectivity index (χ1) is 10.2. The third-order valence-corrected chi connectivity index (χ3v) is 3.92. The highest BCUT2D eigenvalue weighted by atomic mass is 16.5. The van der Waals surface area contributed by atoms with Crippen LogP contribution in [0.5, 0.6) is 5.75 Å². The highest BCUT2D eigenvalue weighted by Gasteiger charge is 2.30. The summed E-state index contributed by atoms with van der Waals surface area (Å²) in [5, 5.41) is 0. The number of rotatable bonds is 3. The van der Waals surface area contributed by atoms with Gasteiger partial charge in [-0.05, 0) is 43.5 Å². The Morgan fingerprint density at radius 3 is 2.71 bits per heavy atom. The van der Waals surface area contributed by atoms with Crippen molar-refractivity contribution in [1.82, 2.24) is 0 Å². The number of ether oxygens (including phenoxy) is 1. The molecule has 0 aromatic heterocycles. The van der Waals surface area contributed by atoms with E-state index in [-0.39, 0.29) is 18.6 Å². The Balaban J connectivity index is 1.73. The number of aryl methyl sites for hydroxylation is 1. The van der Waals surface area contributed by atoms with Crippen molar-refractivity contribution >= 4 is 11.6 Å². The van der Waals surface area contributed by atoms with Gasteiger partial charge in [0.05, 0.1) is 0 Å². The molecule has 0 saturated heterocycles. The van der Waals surface area contributed by atoms with E-state index in [4.69, 9.17) is 4.74 Å². The Morgan fingerprint density at radius 2 is 1.90 bits per heavy atom. The van der Waals surface area contributed by atoms with Crippen molar-refractivity contribution in [2.75, 3.05) is 11.5 Å². The van der Waals surface area contributed by atoms with E-state index in [2.05, 4.69) is 13.0 Å². The van der Waals surface area contributed by atoms with Gasteiger partial charge in [-0.1, -0.05) is 36.4 Å². The van der Waals surface area contributed by atoms with Crippen molar-refractivity contribution in [3.63, 3.8) is 0 Å². The van der Waals surface area contributed by atoms with Crippen LogP contribution in [0.4, 0.5) is 5.69 Å². The van der Waals surface area contributed by atoms with E-state index < -0.39 is 0 Å². The summed E-state index contributed by atoms with van der Waals surface area (Å²) in [6, 6.07) is 16.0. The molecule has 3 rings (SSSR count). The Kier molecular flexibility index (Phi) is 3.65. The zero-order valence-corrected chi connectivity index (χ0v) is 12.4. The van der Waals surface area contributed by atoms with E-state index in [1.54, 1.807) is 0 Å². The standard InChI is InChI=1S/C18H19NO2/c1-13-7-3-6-10-17(13)21-12-18(20)19-14(2)11-15-8-4-5-9-16(15)19/h3-10,14H,11-12H2,1-2H3/t14-/m0/s1. The molecule has 0 N–H and O–H groups in total. The molecule has 3 heteroatoms. The summed E-state index contributed by atoms with van der Waals surface area (Å²) >= 11 is 0.